The van der Waals surface area contributed by atoms with Crippen LogP contribution in [0.5, 0.6) is 0 Å². The van der Waals surface area contributed by atoms with Gasteiger partial charge in [0.1, 0.15) is 0 Å². The highest BCUT2D eigenvalue weighted by Gasteiger charge is 2.13. The molecular formula is C13H15NO2S. The van der Waals surface area contributed by atoms with Crippen LogP contribution in [0.15, 0.2) is 18.2 Å². The van der Waals surface area contributed by atoms with Crippen molar-refractivity contribution in [1.29, 1.82) is 5.26 Å². The number of carboxylic acids is 1. The van der Waals surface area contributed by atoms with Crippen LogP contribution in [0.1, 0.15) is 40.7 Å². The third kappa shape index (κ3) is 3.50. The van der Waals surface area contributed by atoms with Gasteiger partial charge in [0.15, 0.2) is 0 Å². The maximum atomic E-state index is 11.0. The highest BCUT2D eigenvalue weighted by Crippen LogP contribution is 2.23. The van der Waals surface area contributed by atoms with Gasteiger partial charge in [-0.2, -0.15) is 17.0 Å². The molecule has 0 spiro atoms. The van der Waals surface area contributed by atoms with Crippen LogP contribution in [-0.2, 0) is 5.75 Å². The van der Waals surface area contributed by atoms with E-state index in [9.17, 15) is 4.79 Å². The van der Waals surface area contributed by atoms with Crippen molar-refractivity contribution in [2.75, 3.05) is 6.26 Å². The van der Waals surface area contributed by atoms with Crippen molar-refractivity contribution in [3.63, 3.8) is 0 Å². The summed E-state index contributed by atoms with van der Waals surface area (Å²) < 4.78 is 0. The Kier molecular flexibility index (Phi) is 5.05. The van der Waals surface area contributed by atoms with Crippen molar-refractivity contribution in [3.8, 4) is 6.07 Å². The highest BCUT2D eigenvalue weighted by molar-refractivity contribution is 7.97. The Labute approximate surface area is 105 Å². The van der Waals surface area contributed by atoms with E-state index in [4.69, 9.17) is 10.4 Å². The third-order valence-corrected chi connectivity index (χ3v) is 3.16. The van der Waals surface area contributed by atoms with E-state index in [1.54, 1.807) is 23.9 Å². The van der Waals surface area contributed by atoms with E-state index in [0.29, 0.717) is 6.42 Å². The van der Waals surface area contributed by atoms with Gasteiger partial charge in [-0.25, -0.2) is 4.79 Å². The molecule has 0 aliphatic heterocycles. The lowest BCUT2D eigenvalue weighted by atomic mass is 9.94. The normalized spacial score (nSPS) is 11.8. The lowest BCUT2D eigenvalue weighted by Gasteiger charge is -2.10. The molecule has 1 rings (SSSR count). The average Bonchev–Trinajstić information content (AvgIpc) is 2.31. The summed E-state index contributed by atoms with van der Waals surface area (Å²) in [6.07, 6.45) is 2.66. The second-order valence-corrected chi connectivity index (χ2v) is 4.66. The molecule has 1 unspecified atom stereocenters. The van der Waals surface area contributed by atoms with Crippen LogP contribution in [0.2, 0.25) is 0 Å². The minimum Gasteiger partial charge on any atom is -0.478 e. The van der Waals surface area contributed by atoms with Gasteiger partial charge in [0.25, 0.3) is 0 Å². The zero-order chi connectivity index (χ0) is 12.8. The fourth-order valence-corrected chi connectivity index (χ4v) is 2.19. The smallest absolute Gasteiger partial charge is 0.335 e. The second kappa shape index (κ2) is 6.31. The lowest BCUT2D eigenvalue weighted by Crippen LogP contribution is -2.02. The van der Waals surface area contributed by atoms with Crippen LogP contribution in [0.4, 0.5) is 0 Å². The van der Waals surface area contributed by atoms with Crippen LogP contribution in [0.3, 0.4) is 0 Å². The zero-order valence-corrected chi connectivity index (χ0v) is 10.8. The molecule has 3 nitrogen and oxygen atoms in total. The zero-order valence-electron chi connectivity index (χ0n) is 9.93. The third-order valence-electron chi connectivity index (χ3n) is 2.54. The molecule has 0 aliphatic rings. The van der Waals surface area contributed by atoms with Crippen molar-refractivity contribution in [2.24, 2.45) is 0 Å². The number of rotatable bonds is 5. The fraction of sp³-hybridized carbons (Fsp3) is 0.385. The summed E-state index contributed by atoms with van der Waals surface area (Å²) in [6.45, 7) is 1.93. The van der Waals surface area contributed by atoms with Crippen molar-refractivity contribution in [1.82, 2.24) is 0 Å². The van der Waals surface area contributed by atoms with Crippen LogP contribution >= 0.6 is 11.8 Å². The number of carbonyl (C=O) groups is 1. The average molecular weight is 249 g/mol. The summed E-state index contributed by atoms with van der Waals surface area (Å²) in [4.78, 5) is 11.0. The standard InChI is InChI=1S/C13H15NO2S/c1-3-10(7-14)11-4-9(8-17-2)5-12(6-11)13(15)16/h4-6,10H,3,8H2,1-2H3,(H,15,16). The number of nitrogens with zero attached hydrogens (tertiary/aromatic N) is 1. The predicted molar refractivity (Wildman–Crippen MR) is 69.3 cm³/mol. The molecule has 0 saturated heterocycles. The van der Waals surface area contributed by atoms with Gasteiger partial charge in [0, 0.05) is 5.75 Å². The van der Waals surface area contributed by atoms with Crippen molar-refractivity contribution in [3.05, 3.63) is 34.9 Å². The topological polar surface area (TPSA) is 61.1 Å². The first kappa shape index (κ1) is 13.6. The van der Waals surface area contributed by atoms with E-state index in [-0.39, 0.29) is 11.5 Å². The minimum absolute atomic E-state index is 0.227. The molecule has 0 heterocycles. The molecule has 0 fully saturated rings. The molecule has 1 aromatic rings. The summed E-state index contributed by atoms with van der Waals surface area (Å²) in [5.41, 5.74) is 2.03. The molecule has 1 aromatic carbocycles. The molecule has 0 amide bonds. The maximum Gasteiger partial charge on any atom is 0.335 e. The Hall–Kier alpha value is -1.47. The SMILES string of the molecule is CCC(C#N)c1cc(CSC)cc(C(=O)O)c1. The summed E-state index contributed by atoms with van der Waals surface area (Å²) in [7, 11) is 0. The first-order valence-electron chi connectivity index (χ1n) is 5.38. The van der Waals surface area contributed by atoms with Crippen LogP contribution < -0.4 is 0 Å². The number of thioether (sulfide) groups is 1. The van der Waals surface area contributed by atoms with Crippen LogP contribution in [0, 0.1) is 11.3 Å². The number of benzene rings is 1. The Morgan fingerprint density at radius 2 is 2.24 bits per heavy atom. The summed E-state index contributed by atoms with van der Waals surface area (Å²) >= 11 is 1.63. The Morgan fingerprint density at radius 3 is 2.71 bits per heavy atom. The van der Waals surface area contributed by atoms with Crippen molar-refractivity contribution >= 4 is 17.7 Å². The van der Waals surface area contributed by atoms with E-state index in [2.05, 4.69) is 6.07 Å². The van der Waals surface area contributed by atoms with E-state index in [0.717, 1.165) is 16.9 Å². The van der Waals surface area contributed by atoms with Crippen molar-refractivity contribution < 1.29 is 9.90 Å². The molecule has 4 heteroatoms. The van der Waals surface area contributed by atoms with E-state index in [1.807, 2.05) is 19.2 Å². The Bertz CT molecular complexity index is 451. The second-order valence-electron chi connectivity index (χ2n) is 3.79. The van der Waals surface area contributed by atoms with Gasteiger partial charge >= 0.3 is 5.97 Å². The molecule has 1 N–H and O–H groups in total. The first-order chi connectivity index (χ1) is 8.12. The van der Waals surface area contributed by atoms with E-state index < -0.39 is 5.97 Å². The molecule has 0 aromatic heterocycles. The molecule has 0 bridgehead atoms. The van der Waals surface area contributed by atoms with Gasteiger partial charge in [0.05, 0.1) is 17.6 Å². The van der Waals surface area contributed by atoms with E-state index >= 15 is 0 Å². The first-order valence-corrected chi connectivity index (χ1v) is 6.77. The summed E-state index contributed by atoms with van der Waals surface area (Å²) in [5.74, 6) is -0.410. The van der Waals surface area contributed by atoms with Crippen molar-refractivity contribution in [2.45, 2.75) is 25.0 Å². The molecular weight excluding hydrogens is 234 g/mol. The minimum atomic E-state index is -0.943. The highest BCUT2D eigenvalue weighted by atomic mass is 32.2. The lowest BCUT2D eigenvalue weighted by molar-refractivity contribution is 0.0696. The number of hydrogen-bond donors (Lipinski definition) is 1. The molecule has 90 valence electrons. The van der Waals surface area contributed by atoms with Gasteiger partial charge in [-0.1, -0.05) is 13.0 Å². The molecule has 0 aliphatic carbocycles. The largest absolute Gasteiger partial charge is 0.478 e. The maximum absolute atomic E-state index is 11.0. The fourth-order valence-electron chi connectivity index (χ4n) is 1.69. The quantitative estimate of drug-likeness (QED) is 0.870. The monoisotopic (exact) mass is 249 g/mol. The van der Waals surface area contributed by atoms with Gasteiger partial charge in [-0.05, 0) is 35.9 Å². The number of aromatic carboxylic acids is 1. The molecule has 17 heavy (non-hydrogen) atoms. The van der Waals surface area contributed by atoms with Gasteiger partial charge in [-0.15, -0.1) is 0 Å². The Balaban J connectivity index is 3.21. The van der Waals surface area contributed by atoms with Gasteiger partial charge in [0.2, 0.25) is 0 Å². The number of carboxylic acid groups (broad SMARTS) is 1. The van der Waals surface area contributed by atoms with Crippen LogP contribution in [0.25, 0.3) is 0 Å². The molecule has 0 saturated carbocycles. The Morgan fingerprint density at radius 1 is 1.53 bits per heavy atom. The molecule has 1 atom stereocenters. The van der Waals surface area contributed by atoms with Gasteiger partial charge in [-0.3, -0.25) is 0 Å². The summed E-state index contributed by atoms with van der Waals surface area (Å²) in [5, 5.41) is 18.1. The van der Waals surface area contributed by atoms with Gasteiger partial charge < -0.3 is 5.11 Å². The summed E-state index contributed by atoms with van der Waals surface area (Å²) in [6, 6.07) is 7.41. The van der Waals surface area contributed by atoms with Crippen LogP contribution in [-0.4, -0.2) is 17.3 Å². The van der Waals surface area contributed by atoms with E-state index in [1.165, 1.54) is 0 Å². The number of nitriles is 1. The number of hydrogen-bond acceptors (Lipinski definition) is 3. The predicted octanol–water partition coefficient (Wildman–Crippen LogP) is 3.26. The molecule has 0 radical (unpaired) electrons.